The number of ether oxygens (including phenoxy) is 2. The van der Waals surface area contributed by atoms with Gasteiger partial charge in [-0.2, -0.15) is 0 Å². The van der Waals surface area contributed by atoms with E-state index in [1.165, 1.54) is 7.11 Å². The Bertz CT molecular complexity index is 561. The van der Waals surface area contributed by atoms with E-state index in [9.17, 15) is 9.59 Å². The standard InChI is InChI=1S/C15H19N3O5/c1-21-14-7-12(23-18-14)8-16-13(19)9-17-15(20)22-10-11-5-3-2-4-6-11/h2-7,12,18H,8-10H2,1H3,(H,16,19)(H,17,20). The second-order valence-corrected chi connectivity index (χ2v) is 4.71. The lowest BCUT2D eigenvalue weighted by atomic mass is 10.2. The van der Waals surface area contributed by atoms with Crippen molar-refractivity contribution in [3.8, 4) is 0 Å². The smallest absolute Gasteiger partial charge is 0.407 e. The minimum absolute atomic E-state index is 0.153. The topological polar surface area (TPSA) is 97.9 Å². The Morgan fingerprint density at radius 2 is 2.04 bits per heavy atom. The number of hydrogen-bond donors (Lipinski definition) is 3. The molecule has 2 amide bonds. The van der Waals surface area contributed by atoms with Gasteiger partial charge in [-0.05, 0) is 5.56 Å². The molecule has 8 heteroatoms. The third-order valence-corrected chi connectivity index (χ3v) is 2.97. The van der Waals surface area contributed by atoms with E-state index < -0.39 is 6.09 Å². The number of hydroxylamine groups is 1. The SMILES string of the molecule is COC1=CC(CNC(=O)CNC(=O)OCc2ccccc2)ON1. The first-order valence-corrected chi connectivity index (χ1v) is 7.06. The largest absolute Gasteiger partial charge is 0.481 e. The fourth-order valence-corrected chi connectivity index (χ4v) is 1.78. The van der Waals surface area contributed by atoms with Gasteiger partial charge in [0.05, 0.1) is 20.2 Å². The van der Waals surface area contributed by atoms with Gasteiger partial charge in [-0.3, -0.25) is 9.63 Å². The lowest BCUT2D eigenvalue weighted by molar-refractivity contribution is -0.120. The number of carbonyl (C=O) groups excluding carboxylic acids is 2. The number of amides is 2. The third kappa shape index (κ3) is 5.87. The van der Waals surface area contributed by atoms with Gasteiger partial charge in [0, 0.05) is 6.08 Å². The molecule has 0 radical (unpaired) electrons. The Balaban J connectivity index is 1.59. The Morgan fingerprint density at radius 3 is 2.74 bits per heavy atom. The average Bonchev–Trinajstić information content (AvgIpc) is 3.05. The van der Waals surface area contributed by atoms with Gasteiger partial charge in [-0.1, -0.05) is 30.3 Å². The highest BCUT2D eigenvalue weighted by Crippen LogP contribution is 2.05. The quantitative estimate of drug-likeness (QED) is 0.673. The summed E-state index contributed by atoms with van der Waals surface area (Å²) in [6, 6.07) is 9.28. The van der Waals surface area contributed by atoms with Crippen LogP contribution in [0.4, 0.5) is 4.79 Å². The summed E-state index contributed by atoms with van der Waals surface area (Å²) in [6.45, 7) is 0.245. The van der Waals surface area contributed by atoms with Crippen LogP contribution in [0, 0.1) is 0 Å². The second kappa shape index (κ2) is 8.64. The lowest BCUT2D eigenvalue weighted by Crippen LogP contribution is -2.40. The monoisotopic (exact) mass is 321 g/mol. The van der Waals surface area contributed by atoms with Crippen molar-refractivity contribution in [3.05, 3.63) is 47.9 Å². The Labute approximate surface area is 133 Å². The maximum Gasteiger partial charge on any atom is 0.407 e. The molecule has 0 bridgehead atoms. The van der Waals surface area contributed by atoms with E-state index >= 15 is 0 Å². The Kier molecular flexibility index (Phi) is 6.25. The van der Waals surface area contributed by atoms with Crippen molar-refractivity contribution >= 4 is 12.0 Å². The molecule has 1 aliphatic rings. The molecule has 124 valence electrons. The van der Waals surface area contributed by atoms with Crippen molar-refractivity contribution in [1.29, 1.82) is 0 Å². The number of rotatable bonds is 7. The third-order valence-electron chi connectivity index (χ3n) is 2.97. The minimum Gasteiger partial charge on any atom is -0.481 e. The van der Waals surface area contributed by atoms with Crippen molar-refractivity contribution in [1.82, 2.24) is 16.1 Å². The van der Waals surface area contributed by atoms with E-state index in [0.717, 1.165) is 5.56 Å². The van der Waals surface area contributed by atoms with Gasteiger partial charge in [0.1, 0.15) is 12.7 Å². The fourth-order valence-electron chi connectivity index (χ4n) is 1.78. The Hall–Kier alpha value is -2.74. The van der Waals surface area contributed by atoms with E-state index in [4.69, 9.17) is 14.3 Å². The van der Waals surface area contributed by atoms with Crippen molar-refractivity contribution in [3.63, 3.8) is 0 Å². The van der Waals surface area contributed by atoms with Crippen LogP contribution in [0.5, 0.6) is 0 Å². The van der Waals surface area contributed by atoms with Crippen LogP contribution in [-0.2, 0) is 25.7 Å². The summed E-state index contributed by atoms with van der Waals surface area (Å²) < 4.78 is 9.92. The van der Waals surface area contributed by atoms with Gasteiger partial charge in [-0.25, -0.2) is 10.3 Å². The first kappa shape index (κ1) is 16.6. The number of nitrogens with one attached hydrogen (secondary N) is 3. The summed E-state index contributed by atoms with van der Waals surface area (Å²) in [5.74, 6) is 0.149. The molecule has 1 heterocycles. The number of benzene rings is 1. The van der Waals surface area contributed by atoms with E-state index in [0.29, 0.717) is 5.88 Å². The summed E-state index contributed by atoms with van der Waals surface area (Å²) in [4.78, 5) is 28.2. The molecule has 0 saturated carbocycles. The molecule has 0 aromatic heterocycles. The van der Waals surface area contributed by atoms with Crippen LogP contribution in [0.15, 0.2) is 42.3 Å². The van der Waals surface area contributed by atoms with E-state index in [2.05, 4.69) is 16.1 Å². The predicted octanol–water partition coefficient (Wildman–Crippen LogP) is 0.420. The normalized spacial score (nSPS) is 16.0. The van der Waals surface area contributed by atoms with Crippen LogP contribution in [0.25, 0.3) is 0 Å². The molecular weight excluding hydrogens is 302 g/mol. The number of hydrogen-bond acceptors (Lipinski definition) is 6. The highest BCUT2D eigenvalue weighted by molar-refractivity contribution is 5.82. The number of alkyl carbamates (subject to hydrolysis) is 1. The molecule has 0 spiro atoms. The highest BCUT2D eigenvalue weighted by atomic mass is 16.7. The second-order valence-electron chi connectivity index (χ2n) is 4.71. The fraction of sp³-hybridized carbons (Fsp3) is 0.333. The van der Waals surface area contributed by atoms with E-state index in [1.54, 1.807) is 6.08 Å². The van der Waals surface area contributed by atoms with Crippen molar-refractivity contribution in [2.75, 3.05) is 20.2 Å². The molecule has 1 atom stereocenters. The van der Waals surface area contributed by atoms with Gasteiger partial charge in [0.15, 0.2) is 0 Å². The van der Waals surface area contributed by atoms with Gasteiger partial charge in [-0.15, -0.1) is 0 Å². The summed E-state index contributed by atoms with van der Waals surface area (Å²) in [7, 11) is 1.51. The molecule has 0 aliphatic carbocycles. The molecule has 1 unspecified atom stereocenters. The van der Waals surface area contributed by atoms with Gasteiger partial charge >= 0.3 is 6.09 Å². The molecule has 1 aliphatic heterocycles. The zero-order chi connectivity index (χ0) is 16.5. The first-order chi connectivity index (χ1) is 11.2. The number of carbonyl (C=O) groups is 2. The predicted molar refractivity (Wildman–Crippen MR) is 80.7 cm³/mol. The van der Waals surface area contributed by atoms with Crippen molar-refractivity contribution in [2.45, 2.75) is 12.7 Å². The van der Waals surface area contributed by atoms with Crippen LogP contribution in [0.1, 0.15) is 5.56 Å². The summed E-state index contributed by atoms with van der Waals surface area (Å²) in [5, 5.41) is 5.00. The summed E-state index contributed by atoms with van der Waals surface area (Å²) >= 11 is 0. The average molecular weight is 321 g/mol. The van der Waals surface area contributed by atoms with Crippen LogP contribution in [-0.4, -0.2) is 38.3 Å². The molecule has 8 nitrogen and oxygen atoms in total. The minimum atomic E-state index is -0.649. The molecule has 0 fully saturated rings. The van der Waals surface area contributed by atoms with Crippen LogP contribution in [0.3, 0.4) is 0 Å². The Morgan fingerprint density at radius 1 is 1.26 bits per heavy atom. The van der Waals surface area contributed by atoms with E-state index in [-0.39, 0.29) is 31.7 Å². The zero-order valence-electron chi connectivity index (χ0n) is 12.7. The molecular formula is C15H19N3O5. The first-order valence-electron chi connectivity index (χ1n) is 7.06. The lowest BCUT2D eigenvalue weighted by Gasteiger charge is -2.10. The highest BCUT2D eigenvalue weighted by Gasteiger charge is 2.17. The van der Waals surface area contributed by atoms with Crippen LogP contribution < -0.4 is 16.1 Å². The molecule has 3 N–H and O–H groups in total. The van der Waals surface area contributed by atoms with E-state index in [1.807, 2.05) is 30.3 Å². The van der Waals surface area contributed by atoms with Crippen molar-refractivity contribution < 1.29 is 23.9 Å². The van der Waals surface area contributed by atoms with Crippen molar-refractivity contribution in [2.24, 2.45) is 0 Å². The van der Waals surface area contributed by atoms with Gasteiger partial charge < -0.3 is 20.1 Å². The summed E-state index contributed by atoms with van der Waals surface area (Å²) in [5.41, 5.74) is 3.43. The maximum atomic E-state index is 11.6. The molecule has 0 saturated heterocycles. The molecule has 2 rings (SSSR count). The zero-order valence-corrected chi connectivity index (χ0v) is 12.7. The molecule has 1 aromatic carbocycles. The molecule has 23 heavy (non-hydrogen) atoms. The van der Waals surface area contributed by atoms with Crippen LogP contribution in [0.2, 0.25) is 0 Å². The molecule has 1 aromatic rings. The van der Waals surface area contributed by atoms with Gasteiger partial charge in [0.2, 0.25) is 11.8 Å². The maximum absolute atomic E-state index is 11.6. The van der Waals surface area contributed by atoms with Gasteiger partial charge in [0.25, 0.3) is 0 Å². The number of methoxy groups -OCH3 is 1. The van der Waals surface area contributed by atoms with Crippen LogP contribution >= 0.6 is 0 Å². The summed E-state index contributed by atoms with van der Waals surface area (Å²) in [6.07, 6.45) is 0.727.